The quantitative estimate of drug-likeness (QED) is 0.763. The van der Waals surface area contributed by atoms with Crippen LogP contribution in [0.5, 0.6) is 0 Å². The van der Waals surface area contributed by atoms with Crippen molar-refractivity contribution in [1.29, 1.82) is 0 Å². The number of imidazole rings is 1. The molecule has 1 aliphatic carbocycles. The SMILES string of the molecule is Cl.NCc1cncn1C1CCC1. The third-order valence-corrected chi connectivity index (χ3v) is 2.42. The Kier molecular flexibility index (Phi) is 3.12. The van der Waals surface area contributed by atoms with E-state index in [0.29, 0.717) is 12.6 Å². The molecule has 0 spiro atoms. The van der Waals surface area contributed by atoms with Crippen molar-refractivity contribution in [3.8, 4) is 0 Å². The normalized spacial score (nSPS) is 16.8. The van der Waals surface area contributed by atoms with Gasteiger partial charge >= 0.3 is 0 Å². The Morgan fingerprint density at radius 1 is 1.58 bits per heavy atom. The van der Waals surface area contributed by atoms with Gasteiger partial charge in [-0.1, -0.05) is 0 Å². The van der Waals surface area contributed by atoms with Crippen molar-refractivity contribution in [3.63, 3.8) is 0 Å². The number of nitrogens with zero attached hydrogens (tertiary/aromatic N) is 2. The highest BCUT2D eigenvalue weighted by atomic mass is 35.5. The minimum atomic E-state index is 0. The number of aromatic nitrogens is 2. The van der Waals surface area contributed by atoms with Gasteiger partial charge in [0, 0.05) is 18.8 Å². The molecule has 68 valence electrons. The zero-order valence-corrected chi connectivity index (χ0v) is 7.76. The van der Waals surface area contributed by atoms with Crippen molar-refractivity contribution in [2.24, 2.45) is 5.73 Å². The van der Waals surface area contributed by atoms with Gasteiger partial charge in [0.05, 0.1) is 12.0 Å². The van der Waals surface area contributed by atoms with Crippen LogP contribution in [0.2, 0.25) is 0 Å². The number of rotatable bonds is 2. The lowest BCUT2D eigenvalue weighted by molar-refractivity contribution is 0.307. The third kappa shape index (κ3) is 1.47. The van der Waals surface area contributed by atoms with E-state index in [1.54, 1.807) is 0 Å². The lowest BCUT2D eigenvalue weighted by Crippen LogP contribution is -2.19. The Morgan fingerprint density at radius 2 is 2.33 bits per heavy atom. The van der Waals surface area contributed by atoms with Crippen molar-refractivity contribution in [3.05, 3.63) is 18.2 Å². The second-order valence-electron chi connectivity index (χ2n) is 3.08. The van der Waals surface area contributed by atoms with Gasteiger partial charge < -0.3 is 10.3 Å². The molecule has 2 rings (SSSR count). The van der Waals surface area contributed by atoms with Gasteiger partial charge in [-0.2, -0.15) is 0 Å². The summed E-state index contributed by atoms with van der Waals surface area (Å²) in [6, 6.07) is 0.691. The molecule has 0 aromatic carbocycles. The van der Waals surface area contributed by atoms with Gasteiger partial charge in [-0.25, -0.2) is 4.98 Å². The molecule has 1 heterocycles. The van der Waals surface area contributed by atoms with Crippen LogP contribution in [0.15, 0.2) is 12.5 Å². The topological polar surface area (TPSA) is 43.8 Å². The fraction of sp³-hybridized carbons (Fsp3) is 0.625. The fourth-order valence-electron chi connectivity index (χ4n) is 1.48. The maximum absolute atomic E-state index is 5.55. The first kappa shape index (κ1) is 9.55. The first-order chi connectivity index (χ1) is 5.42. The van der Waals surface area contributed by atoms with Gasteiger partial charge in [0.15, 0.2) is 0 Å². The summed E-state index contributed by atoms with van der Waals surface area (Å²) in [7, 11) is 0. The highest BCUT2D eigenvalue weighted by Crippen LogP contribution is 2.31. The molecule has 1 aromatic rings. The van der Waals surface area contributed by atoms with Crippen molar-refractivity contribution in [2.75, 3.05) is 0 Å². The van der Waals surface area contributed by atoms with E-state index in [-0.39, 0.29) is 12.4 Å². The Hall–Kier alpha value is -0.540. The van der Waals surface area contributed by atoms with Gasteiger partial charge in [0.25, 0.3) is 0 Å². The summed E-state index contributed by atoms with van der Waals surface area (Å²) < 4.78 is 2.21. The summed E-state index contributed by atoms with van der Waals surface area (Å²) in [5.41, 5.74) is 6.71. The molecule has 3 nitrogen and oxygen atoms in total. The van der Waals surface area contributed by atoms with E-state index in [1.807, 2.05) is 12.5 Å². The molecule has 2 N–H and O–H groups in total. The van der Waals surface area contributed by atoms with Gasteiger partial charge in [-0.05, 0) is 19.3 Å². The molecule has 1 saturated carbocycles. The molecule has 0 atom stereocenters. The predicted molar refractivity (Wildman–Crippen MR) is 50.3 cm³/mol. The van der Waals surface area contributed by atoms with E-state index in [1.165, 1.54) is 19.3 Å². The molecule has 0 amide bonds. The molecule has 4 heteroatoms. The van der Waals surface area contributed by atoms with Crippen LogP contribution >= 0.6 is 12.4 Å². The number of halogens is 1. The first-order valence-corrected chi connectivity index (χ1v) is 4.12. The average molecular weight is 188 g/mol. The van der Waals surface area contributed by atoms with Crippen molar-refractivity contribution in [2.45, 2.75) is 31.8 Å². The second kappa shape index (κ2) is 3.92. The van der Waals surface area contributed by atoms with E-state index in [4.69, 9.17) is 5.73 Å². The zero-order chi connectivity index (χ0) is 7.68. The number of hydrogen-bond acceptors (Lipinski definition) is 2. The summed E-state index contributed by atoms with van der Waals surface area (Å²) >= 11 is 0. The molecule has 1 fully saturated rings. The lowest BCUT2D eigenvalue weighted by Gasteiger charge is -2.28. The van der Waals surface area contributed by atoms with Crippen LogP contribution in [-0.2, 0) is 6.54 Å². The molecule has 0 aliphatic heterocycles. The Morgan fingerprint density at radius 3 is 2.83 bits per heavy atom. The summed E-state index contributed by atoms with van der Waals surface area (Å²) in [6.07, 6.45) is 7.70. The van der Waals surface area contributed by atoms with Crippen LogP contribution in [0.1, 0.15) is 31.0 Å². The van der Waals surface area contributed by atoms with Gasteiger partial charge in [-0.3, -0.25) is 0 Å². The summed E-state index contributed by atoms with van der Waals surface area (Å²) in [4.78, 5) is 4.08. The van der Waals surface area contributed by atoms with Crippen LogP contribution in [0.4, 0.5) is 0 Å². The average Bonchev–Trinajstić information content (AvgIpc) is 2.32. The van der Waals surface area contributed by atoms with Crippen molar-refractivity contribution < 1.29 is 0 Å². The van der Waals surface area contributed by atoms with Crippen LogP contribution in [0.25, 0.3) is 0 Å². The number of nitrogens with two attached hydrogens (primary N) is 1. The molecular formula is C8H14ClN3. The van der Waals surface area contributed by atoms with Crippen LogP contribution in [0.3, 0.4) is 0 Å². The highest BCUT2D eigenvalue weighted by Gasteiger charge is 2.20. The van der Waals surface area contributed by atoms with Gasteiger partial charge in [0.2, 0.25) is 0 Å². The van der Waals surface area contributed by atoms with Crippen molar-refractivity contribution >= 4 is 12.4 Å². The van der Waals surface area contributed by atoms with Gasteiger partial charge in [-0.15, -0.1) is 12.4 Å². The van der Waals surface area contributed by atoms with Crippen molar-refractivity contribution in [1.82, 2.24) is 9.55 Å². The highest BCUT2D eigenvalue weighted by molar-refractivity contribution is 5.85. The van der Waals surface area contributed by atoms with E-state index in [0.717, 1.165) is 5.69 Å². The summed E-state index contributed by atoms with van der Waals surface area (Å²) in [5, 5.41) is 0. The Bertz CT molecular complexity index is 242. The molecule has 12 heavy (non-hydrogen) atoms. The first-order valence-electron chi connectivity index (χ1n) is 4.12. The molecule has 1 aliphatic rings. The minimum absolute atomic E-state index is 0. The molecule has 0 saturated heterocycles. The molecular weight excluding hydrogens is 174 g/mol. The molecule has 0 radical (unpaired) electrons. The largest absolute Gasteiger partial charge is 0.330 e. The lowest BCUT2D eigenvalue weighted by atomic mass is 9.93. The monoisotopic (exact) mass is 187 g/mol. The van der Waals surface area contributed by atoms with Crippen LogP contribution < -0.4 is 5.73 Å². The van der Waals surface area contributed by atoms with Crippen LogP contribution in [0, 0.1) is 0 Å². The zero-order valence-electron chi connectivity index (χ0n) is 6.94. The fourth-order valence-corrected chi connectivity index (χ4v) is 1.48. The van der Waals surface area contributed by atoms with Gasteiger partial charge in [0.1, 0.15) is 0 Å². The molecule has 1 aromatic heterocycles. The van der Waals surface area contributed by atoms with E-state index in [2.05, 4.69) is 9.55 Å². The second-order valence-corrected chi connectivity index (χ2v) is 3.08. The number of hydrogen-bond donors (Lipinski definition) is 1. The Labute approximate surface area is 78.4 Å². The molecule has 0 unspecified atom stereocenters. The smallest absolute Gasteiger partial charge is 0.0951 e. The van der Waals surface area contributed by atoms with E-state index < -0.39 is 0 Å². The standard InChI is InChI=1S/C8H13N3.ClH/c9-4-8-5-10-6-11(8)7-2-1-3-7;/h5-7H,1-4,9H2;1H. The summed E-state index contributed by atoms with van der Waals surface area (Å²) in [6.45, 7) is 0.608. The summed E-state index contributed by atoms with van der Waals surface area (Å²) in [5.74, 6) is 0. The third-order valence-electron chi connectivity index (χ3n) is 2.42. The van der Waals surface area contributed by atoms with E-state index >= 15 is 0 Å². The minimum Gasteiger partial charge on any atom is -0.330 e. The maximum atomic E-state index is 5.55. The van der Waals surface area contributed by atoms with Crippen LogP contribution in [-0.4, -0.2) is 9.55 Å². The predicted octanol–water partition coefficient (Wildman–Crippen LogP) is 1.49. The maximum Gasteiger partial charge on any atom is 0.0951 e. The molecule has 0 bridgehead atoms. The van der Waals surface area contributed by atoms with E-state index in [9.17, 15) is 0 Å². The Balaban J connectivity index is 0.000000720.